The Hall–Kier alpha value is -2.78. The first-order valence-corrected chi connectivity index (χ1v) is 7.54. The molecule has 0 spiro atoms. The predicted octanol–water partition coefficient (Wildman–Crippen LogP) is 3.72. The molecule has 0 saturated heterocycles. The fraction of sp³-hybridized carbons (Fsp3) is 0.0588. The summed E-state index contributed by atoms with van der Waals surface area (Å²) in [5.74, 6) is 0.741. The van der Waals surface area contributed by atoms with E-state index in [0.717, 1.165) is 0 Å². The van der Waals surface area contributed by atoms with Crippen molar-refractivity contribution < 1.29 is 14.3 Å². The number of nitrogens with one attached hydrogen (secondary N) is 1. The number of amides is 1. The van der Waals surface area contributed by atoms with Crippen molar-refractivity contribution in [3.05, 3.63) is 58.1 Å². The maximum Gasteiger partial charge on any atom is 0.266 e. The lowest BCUT2D eigenvalue weighted by Gasteiger charge is -2.05. The molecule has 114 valence electrons. The smallest absolute Gasteiger partial charge is 0.266 e. The van der Waals surface area contributed by atoms with E-state index in [1.165, 1.54) is 6.08 Å². The van der Waals surface area contributed by atoms with Gasteiger partial charge in [-0.2, -0.15) is 5.26 Å². The van der Waals surface area contributed by atoms with E-state index in [1.54, 1.807) is 36.4 Å². The molecule has 2 aromatic rings. The Bertz CT molecular complexity index is 826. The van der Waals surface area contributed by atoms with Crippen LogP contribution >= 0.6 is 15.9 Å². The van der Waals surface area contributed by atoms with Gasteiger partial charge < -0.3 is 14.8 Å². The molecule has 0 fully saturated rings. The summed E-state index contributed by atoms with van der Waals surface area (Å²) in [6, 6.07) is 14.4. The fourth-order valence-corrected chi connectivity index (χ4v) is 2.50. The number of carbonyl (C=O) groups is 1. The lowest BCUT2D eigenvalue weighted by atomic mass is 10.1. The summed E-state index contributed by atoms with van der Waals surface area (Å²) in [5, 5.41) is 12.0. The van der Waals surface area contributed by atoms with Gasteiger partial charge in [-0.3, -0.25) is 4.79 Å². The molecule has 1 aliphatic rings. The number of anilines is 1. The summed E-state index contributed by atoms with van der Waals surface area (Å²) in [5.41, 5.74) is 1.28. The zero-order valence-electron chi connectivity index (χ0n) is 11.9. The van der Waals surface area contributed by atoms with Crippen LogP contribution < -0.4 is 14.8 Å². The van der Waals surface area contributed by atoms with E-state index in [4.69, 9.17) is 9.47 Å². The maximum atomic E-state index is 12.2. The second-order valence-electron chi connectivity index (χ2n) is 4.72. The number of hydrogen-bond donors (Lipinski definition) is 1. The third-order valence-electron chi connectivity index (χ3n) is 3.19. The molecule has 1 amide bonds. The van der Waals surface area contributed by atoms with Gasteiger partial charge in [0.1, 0.15) is 11.6 Å². The minimum Gasteiger partial charge on any atom is -0.454 e. The number of nitriles is 1. The van der Waals surface area contributed by atoms with E-state index in [-0.39, 0.29) is 12.4 Å². The number of carbonyl (C=O) groups excluding carboxylic acids is 1. The molecule has 0 bridgehead atoms. The standard InChI is InChI=1S/C17H11BrN2O3/c18-14-8-16-15(22-10-23-16)7-11(14)6-12(9-19)17(21)20-13-4-2-1-3-5-13/h1-8H,10H2,(H,20,21). The van der Waals surface area contributed by atoms with E-state index in [2.05, 4.69) is 21.2 Å². The summed E-state index contributed by atoms with van der Waals surface area (Å²) in [7, 11) is 0. The SMILES string of the molecule is N#CC(=Cc1cc2c(cc1Br)OCO2)C(=O)Nc1ccccc1. The Labute approximate surface area is 141 Å². The van der Waals surface area contributed by atoms with Gasteiger partial charge in [0.25, 0.3) is 5.91 Å². The van der Waals surface area contributed by atoms with E-state index >= 15 is 0 Å². The summed E-state index contributed by atoms with van der Waals surface area (Å²) < 4.78 is 11.3. The van der Waals surface area contributed by atoms with Crippen LogP contribution in [0, 0.1) is 11.3 Å². The van der Waals surface area contributed by atoms with Gasteiger partial charge in [-0.1, -0.05) is 34.1 Å². The third-order valence-corrected chi connectivity index (χ3v) is 3.88. The van der Waals surface area contributed by atoms with Crippen molar-refractivity contribution in [1.29, 1.82) is 5.26 Å². The summed E-state index contributed by atoms with van der Waals surface area (Å²) >= 11 is 3.40. The monoisotopic (exact) mass is 370 g/mol. The molecule has 0 radical (unpaired) electrons. The van der Waals surface area contributed by atoms with Crippen molar-refractivity contribution in [3.8, 4) is 17.6 Å². The molecule has 1 aliphatic heterocycles. The maximum absolute atomic E-state index is 12.2. The lowest BCUT2D eigenvalue weighted by Crippen LogP contribution is -2.13. The van der Waals surface area contributed by atoms with Crippen LogP contribution in [0.5, 0.6) is 11.5 Å². The van der Waals surface area contributed by atoms with Crippen molar-refractivity contribution in [3.63, 3.8) is 0 Å². The molecule has 3 rings (SSSR count). The lowest BCUT2D eigenvalue weighted by molar-refractivity contribution is -0.112. The quantitative estimate of drug-likeness (QED) is 0.659. The average Bonchev–Trinajstić information content (AvgIpc) is 3.00. The van der Waals surface area contributed by atoms with Gasteiger partial charge in [-0.25, -0.2) is 0 Å². The highest BCUT2D eigenvalue weighted by Crippen LogP contribution is 2.37. The number of fused-ring (bicyclic) bond motifs is 1. The topological polar surface area (TPSA) is 71.3 Å². The van der Waals surface area contributed by atoms with Crippen LogP contribution in [-0.2, 0) is 4.79 Å². The van der Waals surface area contributed by atoms with Crippen molar-refractivity contribution in [1.82, 2.24) is 0 Å². The zero-order valence-corrected chi connectivity index (χ0v) is 13.5. The van der Waals surface area contributed by atoms with Gasteiger partial charge in [-0.15, -0.1) is 0 Å². The molecule has 1 heterocycles. The number of ether oxygens (including phenoxy) is 2. The van der Waals surface area contributed by atoms with E-state index < -0.39 is 5.91 Å². The van der Waals surface area contributed by atoms with E-state index in [0.29, 0.717) is 27.2 Å². The molecule has 0 aromatic heterocycles. The molecule has 0 aliphatic carbocycles. The summed E-state index contributed by atoms with van der Waals surface area (Å²) in [6.07, 6.45) is 1.50. The molecular weight excluding hydrogens is 360 g/mol. The van der Waals surface area contributed by atoms with E-state index in [1.807, 2.05) is 12.1 Å². The normalized spacial score (nSPS) is 12.6. The fourth-order valence-electron chi connectivity index (χ4n) is 2.07. The van der Waals surface area contributed by atoms with Crippen molar-refractivity contribution in [2.75, 3.05) is 12.1 Å². The summed E-state index contributed by atoms with van der Waals surface area (Å²) in [6.45, 7) is 0.161. The molecule has 5 nitrogen and oxygen atoms in total. The molecule has 0 atom stereocenters. The Morgan fingerprint density at radius 1 is 1.22 bits per heavy atom. The Balaban J connectivity index is 1.87. The molecule has 2 aromatic carbocycles. The number of benzene rings is 2. The highest BCUT2D eigenvalue weighted by Gasteiger charge is 2.17. The first-order chi connectivity index (χ1) is 11.2. The molecule has 23 heavy (non-hydrogen) atoms. The Morgan fingerprint density at radius 3 is 2.61 bits per heavy atom. The van der Waals surface area contributed by atoms with Gasteiger partial charge in [0.15, 0.2) is 11.5 Å². The van der Waals surface area contributed by atoms with Crippen LogP contribution in [0.3, 0.4) is 0 Å². The predicted molar refractivity (Wildman–Crippen MR) is 88.9 cm³/mol. The highest BCUT2D eigenvalue weighted by molar-refractivity contribution is 9.10. The Kier molecular flexibility index (Phi) is 4.31. The van der Waals surface area contributed by atoms with Gasteiger partial charge in [-0.05, 0) is 35.9 Å². The molecule has 0 saturated carbocycles. The van der Waals surface area contributed by atoms with Crippen molar-refractivity contribution in [2.45, 2.75) is 0 Å². The van der Waals surface area contributed by atoms with Crippen molar-refractivity contribution >= 4 is 33.6 Å². The molecule has 6 heteroatoms. The largest absolute Gasteiger partial charge is 0.454 e. The van der Waals surface area contributed by atoms with E-state index in [9.17, 15) is 10.1 Å². The minimum atomic E-state index is -0.469. The van der Waals surface area contributed by atoms with Crippen LogP contribution in [0.4, 0.5) is 5.69 Å². The number of hydrogen-bond acceptors (Lipinski definition) is 4. The Morgan fingerprint density at radius 2 is 1.91 bits per heavy atom. The number of para-hydroxylation sites is 1. The number of nitrogens with zero attached hydrogens (tertiary/aromatic N) is 1. The summed E-state index contributed by atoms with van der Waals surface area (Å²) in [4.78, 5) is 12.2. The first kappa shape index (κ1) is 15.1. The van der Waals surface area contributed by atoms with Crippen LogP contribution in [0.15, 0.2) is 52.5 Å². The van der Waals surface area contributed by atoms with Crippen LogP contribution in [-0.4, -0.2) is 12.7 Å². The van der Waals surface area contributed by atoms with Crippen LogP contribution in [0.1, 0.15) is 5.56 Å². The second-order valence-corrected chi connectivity index (χ2v) is 5.57. The average molecular weight is 371 g/mol. The third kappa shape index (κ3) is 3.35. The molecular formula is C17H11BrN2O3. The minimum absolute atomic E-state index is 0.00609. The van der Waals surface area contributed by atoms with Gasteiger partial charge in [0.2, 0.25) is 6.79 Å². The van der Waals surface area contributed by atoms with Crippen LogP contribution in [0.25, 0.3) is 6.08 Å². The number of halogens is 1. The molecule has 1 N–H and O–H groups in total. The highest BCUT2D eigenvalue weighted by atomic mass is 79.9. The number of rotatable bonds is 3. The van der Waals surface area contributed by atoms with Gasteiger partial charge in [0.05, 0.1) is 0 Å². The molecule has 0 unspecified atom stereocenters. The van der Waals surface area contributed by atoms with Crippen molar-refractivity contribution in [2.24, 2.45) is 0 Å². The van der Waals surface area contributed by atoms with Gasteiger partial charge in [0, 0.05) is 10.2 Å². The van der Waals surface area contributed by atoms with Gasteiger partial charge >= 0.3 is 0 Å². The second kappa shape index (κ2) is 6.55. The van der Waals surface area contributed by atoms with Crippen LogP contribution in [0.2, 0.25) is 0 Å². The first-order valence-electron chi connectivity index (χ1n) is 6.75. The zero-order chi connectivity index (χ0) is 16.2.